The molecule has 1 aliphatic heterocycles. The molecule has 23 heavy (non-hydrogen) atoms. The molecule has 0 saturated heterocycles. The van der Waals surface area contributed by atoms with Crippen LogP contribution in [0.5, 0.6) is 0 Å². The van der Waals surface area contributed by atoms with Crippen molar-refractivity contribution in [2.75, 3.05) is 6.54 Å². The van der Waals surface area contributed by atoms with Gasteiger partial charge in [-0.05, 0) is 61.3 Å². The van der Waals surface area contributed by atoms with Crippen molar-refractivity contribution < 1.29 is 0 Å². The van der Waals surface area contributed by atoms with Crippen LogP contribution in [0.4, 0.5) is 0 Å². The van der Waals surface area contributed by atoms with E-state index in [1.165, 1.54) is 56.9 Å². The third-order valence-electron chi connectivity index (χ3n) is 6.29. The summed E-state index contributed by atoms with van der Waals surface area (Å²) in [5, 5.41) is 5.31. The zero-order valence-electron chi connectivity index (χ0n) is 13.8. The summed E-state index contributed by atoms with van der Waals surface area (Å²) in [5.74, 6) is 0.819. The summed E-state index contributed by atoms with van der Waals surface area (Å²) in [6, 6.07) is 8.04. The predicted molar refractivity (Wildman–Crippen MR) is 98.7 cm³/mol. The number of hydrogen-bond donors (Lipinski definition) is 1. The van der Waals surface area contributed by atoms with E-state index in [1.54, 1.807) is 22.2 Å². The highest BCUT2D eigenvalue weighted by molar-refractivity contribution is 5.87. The van der Waals surface area contributed by atoms with Gasteiger partial charge < -0.3 is 9.88 Å². The number of nitrogens with zero attached hydrogens (tertiary/aromatic N) is 1. The van der Waals surface area contributed by atoms with Gasteiger partial charge in [-0.15, -0.1) is 12.4 Å². The predicted octanol–water partition coefficient (Wildman–Crippen LogP) is 5.09. The van der Waals surface area contributed by atoms with E-state index in [2.05, 4.69) is 28.1 Å². The van der Waals surface area contributed by atoms with Crippen molar-refractivity contribution in [1.29, 1.82) is 0 Å². The molecule has 1 aromatic carbocycles. The highest BCUT2D eigenvalue weighted by Crippen LogP contribution is 2.41. The van der Waals surface area contributed by atoms with Crippen molar-refractivity contribution in [3.63, 3.8) is 0 Å². The van der Waals surface area contributed by atoms with Crippen molar-refractivity contribution in [3.05, 3.63) is 35.0 Å². The summed E-state index contributed by atoms with van der Waals surface area (Å²) in [7, 11) is 0. The van der Waals surface area contributed by atoms with Crippen LogP contribution >= 0.6 is 12.4 Å². The first-order valence-corrected chi connectivity index (χ1v) is 9.30. The van der Waals surface area contributed by atoms with Gasteiger partial charge >= 0.3 is 0 Å². The third kappa shape index (κ3) is 2.42. The number of halogens is 1. The molecule has 5 rings (SSSR count). The highest BCUT2D eigenvalue weighted by Gasteiger charge is 2.30. The maximum Gasteiger partial charge on any atom is 0.0486 e. The van der Waals surface area contributed by atoms with Crippen LogP contribution in [0, 0.1) is 0 Å². The second-order valence-electron chi connectivity index (χ2n) is 7.53. The maximum atomic E-state index is 3.74. The molecule has 0 amide bonds. The van der Waals surface area contributed by atoms with Gasteiger partial charge in [0.1, 0.15) is 0 Å². The molecule has 0 radical (unpaired) electrons. The smallest absolute Gasteiger partial charge is 0.0486 e. The first kappa shape index (κ1) is 15.5. The van der Waals surface area contributed by atoms with Gasteiger partial charge in [0, 0.05) is 35.7 Å². The molecule has 2 nitrogen and oxygen atoms in total. The van der Waals surface area contributed by atoms with E-state index in [0.717, 1.165) is 19.0 Å². The molecule has 3 heteroatoms. The minimum absolute atomic E-state index is 0. The summed E-state index contributed by atoms with van der Waals surface area (Å²) in [5.41, 5.74) is 6.39. The van der Waals surface area contributed by atoms with Gasteiger partial charge in [0.25, 0.3) is 0 Å². The molecule has 0 spiro atoms. The van der Waals surface area contributed by atoms with Crippen molar-refractivity contribution in [3.8, 4) is 0 Å². The van der Waals surface area contributed by atoms with Gasteiger partial charge in [-0.25, -0.2) is 0 Å². The summed E-state index contributed by atoms with van der Waals surface area (Å²) in [6.45, 7) is 2.27. The van der Waals surface area contributed by atoms with Crippen LogP contribution in [0.2, 0.25) is 0 Å². The Morgan fingerprint density at radius 3 is 2.74 bits per heavy atom. The fourth-order valence-corrected chi connectivity index (χ4v) is 5.22. The fraction of sp³-hybridized carbons (Fsp3) is 0.600. The first-order valence-electron chi connectivity index (χ1n) is 9.30. The Kier molecular flexibility index (Phi) is 4.15. The summed E-state index contributed by atoms with van der Waals surface area (Å²) in [6.07, 6.45) is 11.0. The zero-order valence-corrected chi connectivity index (χ0v) is 14.6. The minimum atomic E-state index is 0. The lowest BCUT2D eigenvalue weighted by Gasteiger charge is -2.31. The Bertz CT molecular complexity index is 710. The molecule has 1 aromatic heterocycles. The molecule has 2 heterocycles. The van der Waals surface area contributed by atoms with Gasteiger partial charge in [0.2, 0.25) is 0 Å². The lowest BCUT2D eigenvalue weighted by Crippen LogP contribution is -2.35. The fourth-order valence-electron chi connectivity index (χ4n) is 5.22. The minimum Gasteiger partial charge on any atom is -0.342 e. The topological polar surface area (TPSA) is 17.0 Å². The Hall–Kier alpha value is -0.990. The van der Waals surface area contributed by atoms with E-state index in [-0.39, 0.29) is 12.4 Å². The second-order valence-corrected chi connectivity index (χ2v) is 7.53. The zero-order chi connectivity index (χ0) is 14.5. The molecule has 0 unspecified atom stereocenters. The quantitative estimate of drug-likeness (QED) is 0.770. The normalized spacial score (nSPS) is 24.3. The third-order valence-corrected chi connectivity index (χ3v) is 6.29. The Labute approximate surface area is 145 Å². The number of aromatic nitrogens is 1. The standard InChI is InChI=1S/C20H26N2.ClH/c1-2-5-14(6-3-1)15-9-10-19-17(13-15)16-7-4-8-18-20(16)22(19)12-11-21-18;/h9-10,13-14,18,21H,1-8,11-12H2;1H/t18-;/m1./s1. The Morgan fingerprint density at radius 1 is 1.00 bits per heavy atom. The Morgan fingerprint density at radius 2 is 1.87 bits per heavy atom. The molecule has 1 saturated carbocycles. The van der Waals surface area contributed by atoms with E-state index >= 15 is 0 Å². The van der Waals surface area contributed by atoms with Gasteiger partial charge in [-0.1, -0.05) is 25.3 Å². The molecule has 3 aliphatic rings. The maximum absolute atomic E-state index is 3.74. The van der Waals surface area contributed by atoms with Crippen LogP contribution in [-0.4, -0.2) is 11.1 Å². The number of hydrogen-bond acceptors (Lipinski definition) is 1. The monoisotopic (exact) mass is 330 g/mol. The largest absolute Gasteiger partial charge is 0.342 e. The summed E-state index contributed by atoms with van der Waals surface area (Å²) in [4.78, 5) is 0. The lowest BCUT2D eigenvalue weighted by atomic mass is 9.83. The summed E-state index contributed by atoms with van der Waals surface area (Å²) < 4.78 is 2.62. The van der Waals surface area contributed by atoms with Crippen molar-refractivity contribution in [1.82, 2.24) is 9.88 Å². The average Bonchev–Trinajstić information content (AvgIpc) is 2.92. The van der Waals surface area contributed by atoms with Crippen LogP contribution in [0.1, 0.15) is 73.7 Å². The molecule has 1 atom stereocenters. The molecule has 1 N–H and O–H groups in total. The number of aryl methyl sites for hydroxylation is 1. The first-order chi connectivity index (χ1) is 10.9. The van der Waals surface area contributed by atoms with E-state index in [1.807, 2.05) is 0 Å². The van der Waals surface area contributed by atoms with Gasteiger partial charge in [0.05, 0.1) is 0 Å². The van der Waals surface area contributed by atoms with E-state index in [4.69, 9.17) is 0 Å². The summed E-state index contributed by atoms with van der Waals surface area (Å²) >= 11 is 0. The highest BCUT2D eigenvalue weighted by atomic mass is 35.5. The molecular weight excluding hydrogens is 304 g/mol. The van der Waals surface area contributed by atoms with Crippen LogP contribution in [0.15, 0.2) is 18.2 Å². The van der Waals surface area contributed by atoms with Crippen LogP contribution in [0.25, 0.3) is 10.9 Å². The molecular formula is C20H27ClN2. The van der Waals surface area contributed by atoms with Crippen molar-refractivity contribution in [2.45, 2.75) is 69.9 Å². The van der Waals surface area contributed by atoms with Crippen LogP contribution < -0.4 is 5.32 Å². The van der Waals surface area contributed by atoms with E-state index < -0.39 is 0 Å². The van der Waals surface area contributed by atoms with E-state index in [9.17, 15) is 0 Å². The molecule has 2 aromatic rings. The Balaban J connectivity index is 0.00000135. The lowest BCUT2D eigenvalue weighted by molar-refractivity contribution is 0.384. The number of nitrogens with one attached hydrogen (secondary N) is 1. The molecule has 124 valence electrons. The molecule has 2 aliphatic carbocycles. The van der Waals surface area contributed by atoms with Gasteiger partial charge in [-0.3, -0.25) is 0 Å². The average molecular weight is 331 g/mol. The number of fused-ring (bicyclic) bond motifs is 3. The van der Waals surface area contributed by atoms with Crippen molar-refractivity contribution >= 4 is 23.3 Å². The van der Waals surface area contributed by atoms with Crippen molar-refractivity contribution in [2.24, 2.45) is 0 Å². The SMILES string of the molecule is Cl.c1cc2c(cc1C1CCCCC1)c1c3n2CCN[C@@H]3CCC1. The second kappa shape index (κ2) is 6.14. The van der Waals surface area contributed by atoms with Gasteiger partial charge in [-0.2, -0.15) is 0 Å². The number of benzene rings is 1. The van der Waals surface area contributed by atoms with Crippen LogP contribution in [-0.2, 0) is 13.0 Å². The van der Waals surface area contributed by atoms with E-state index in [0.29, 0.717) is 6.04 Å². The molecule has 0 bridgehead atoms. The number of rotatable bonds is 1. The molecule has 1 fully saturated rings. The van der Waals surface area contributed by atoms with Crippen LogP contribution in [0.3, 0.4) is 0 Å². The van der Waals surface area contributed by atoms with Gasteiger partial charge in [0.15, 0.2) is 0 Å².